The van der Waals surface area contributed by atoms with Gasteiger partial charge in [0, 0.05) is 23.2 Å². The first kappa shape index (κ1) is 15.9. The van der Waals surface area contributed by atoms with E-state index in [0.29, 0.717) is 6.04 Å². The lowest BCUT2D eigenvalue weighted by atomic mass is 10.2. The Balaban J connectivity index is 1.94. The third-order valence-corrected chi connectivity index (χ3v) is 4.22. The van der Waals surface area contributed by atoms with Crippen LogP contribution in [-0.2, 0) is 12.3 Å². The molecule has 2 nitrogen and oxygen atoms in total. The standard InChI is InChI=1S/C18H23NOS/c1-14(2)19-12-15-6-5-9-18(11-15)21-13-16-7-4-8-17(10-16)20-3/h4-11,14,19H,12-13H2,1-3H3. The van der Waals surface area contributed by atoms with Crippen molar-refractivity contribution in [3.05, 3.63) is 59.7 Å². The second-order valence-electron chi connectivity index (χ2n) is 5.32. The van der Waals surface area contributed by atoms with Gasteiger partial charge < -0.3 is 10.1 Å². The van der Waals surface area contributed by atoms with Gasteiger partial charge in [0.1, 0.15) is 5.75 Å². The van der Waals surface area contributed by atoms with Gasteiger partial charge in [-0.2, -0.15) is 0 Å². The van der Waals surface area contributed by atoms with E-state index >= 15 is 0 Å². The van der Waals surface area contributed by atoms with Crippen LogP contribution >= 0.6 is 11.8 Å². The van der Waals surface area contributed by atoms with Crippen molar-refractivity contribution in [1.29, 1.82) is 0 Å². The van der Waals surface area contributed by atoms with E-state index in [0.717, 1.165) is 18.0 Å². The average Bonchev–Trinajstić information content (AvgIpc) is 2.51. The van der Waals surface area contributed by atoms with E-state index in [1.54, 1.807) is 7.11 Å². The highest BCUT2D eigenvalue weighted by atomic mass is 32.2. The van der Waals surface area contributed by atoms with Gasteiger partial charge in [0.2, 0.25) is 0 Å². The van der Waals surface area contributed by atoms with Crippen LogP contribution in [0.4, 0.5) is 0 Å². The van der Waals surface area contributed by atoms with Crippen LogP contribution in [0.3, 0.4) is 0 Å². The van der Waals surface area contributed by atoms with E-state index in [2.05, 4.69) is 55.6 Å². The molecule has 0 unspecified atom stereocenters. The minimum absolute atomic E-state index is 0.512. The number of benzene rings is 2. The molecule has 0 heterocycles. The predicted molar refractivity (Wildman–Crippen MR) is 91.0 cm³/mol. The molecule has 3 heteroatoms. The Hall–Kier alpha value is -1.45. The van der Waals surface area contributed by atoms with Crippen LogP contribution in [0.5, 0.6) is 5.75 Å². The molecule has 0 bridgehead atoms. The predicted octanol–water partition coefficient (Wildman–Crippen LogP) is 4.49. The van der Waals surface area contributed by atoms with Gasteiger partial charge in [-0.1, -0.05) is 38.1 Å². The maximum Gasteiger partial charge on any atom is 0.119 e. The second-order valence-corrected chi connectivity index (χ2v) is 6.37. The summed E-state index contributed by atoms with van der Waals surface area (Å²) in [5.74, 6) is 1.88. The molecule has 0 amide bonds. The Kier molecular flexibility index (Phi) is 6.15. The molecule has 0 fully saturated rings. The van der Waals surface area contributed by atoms with Gasteiger partial charge in [-0.3, -0.25) is 0 Å². The number of ether oxygens (including phenoxy) is 1. The Morgan fingerprint density at radius 1 is 1.05 bits per heavy atom. The number of thioether (sulfide) groups is 1. The van der Waals surface area contributed by atoms with Gasteiger partial charge >= 0.3 is 0 Å². The molecule has 0 saturated carbocycles. The monoisotopic (exact) mass is 301 g/mol. The fraction of sp³-hybridized carbons (Fsp3) is 0.333. The van der Waals surface area contributed by atoms with E-state index in [1.165, 1.54) is 16.0 Å². The molecule has 1 N–H and O–H groups in total. The Labute approximate surface area is 131 Å². The first-order valence-corrected chi connectivity index (χ1v) is 8.24. The van der Waals surface area contributed by atoms with Crippen molar-refractivity contribution in [2.24, 2.45) is 0 Å². The maximum absolute atomic E-state index is 5.26. The third-order valence-electron chi connectivity index (χ3n) is 3.15. The number of nitrogens with one attached hydrogen (secondary N) is 1. The van der Waals surface area contributed by atoms with Crippen LogP contribution in [0.15, 0.2) is 53.4 Å². The summed E-state index contributed by atoms with van der Waals surface area (Å²) in [6, 6.07) is 17.5. The third kappa shape index (κ3) is 5.44. The Bertz CT molecular complexity index is 569. The van der Waals surface area contributed by atoms with Crippen LogP contribution in [0.2, 0.25) is 0 Å². The normalized spacial score (nSPS) is 10.9. The summed E-state index contributed by atoms with van der Waals surface area (Å²) in [5.41, 5.74) is 2.62. The first-order chi connectivity index (χ1) is 10.2. The van der Waals surface area contributed by atoms with Crippen LogP contribution in [0, 0.1) is 0 Å². The smallest absolute Gasteiger partial charge is 0.119 e. The quantitative estimate of drug-likeness (QED) is 0.762. The summed E-state index contributed by atoms with van der Waals surface area (Å²) in [7, 11) is 1.71. The lowest BCUT2D eigenvalue weighted by Gasteiger charge is -2.09. The van der Waals surface area contributed by atoms with Gasteiger partial charge in [-0.15, -0.1) is 11.8 Å². The van der Waals surface area contributed by atoms with E-state index in [9.17, 15) is 0 Å². The second kappa shape index (κ2) is 8.11. The van der Waals surface area contributed by atoms with Crippen LogP contribution in [0.25, 0.3) is 0 Å². The molecule has 0 aliphatic heterocycles. The number of hydrogen-bond donors (Lipinski definition) is 1. The molecular formula is C18H23NOS. The van der Waals surface area contributed by atoms with Crippen LogP contribution in [-0.4, -0.2) is 13.2 Å². The number of rotatable bonds is 7. The molecule has 0 radical (unpaired) electrons. The SMILES string of the molecule is COc1cccc(CSc2cccc(CNC(C)C)c2)c1. The minimum Gasteiger partial charge on any atom is -0.497 e. The highest BCUT2D eigenvalue weighted by Crippen LogP contribution is 2.25. The van der Waals surface area contributed by atoms with E-state index in [1.807, 2.05) is 23.9 Å². The average molecular weight is 301 g/mol. The lowest BCUT2D eigenvalue weighted by molar-refractivity contribution is 0.414. The molecular weight excluding hydrogens is 278 g/mol. The van der Waals surface area contributed by atoms with Crippen LogP contribution in [0.1, 0.15) is 25.0 Å². The van der Waals surface area contributed by atoms with Gasteiger partial charge in [-0.05, 0) is 35.4 Å². The molecule has 0 saturated heterocycles. The van der Waals surface area contributed by atoms with E-state index in [-0.39, 0.29) is 0 Å². The highest BCUT2D eigenvalue weighted by molar-refractivity contribution is 7.98. The molecule has 112 valence electrons. The summed E-state index contributed by atoms with van der Waals surface area (Å²) in [4.78, 5) is 1.31. The zero-order valence-electron chi connectivity index (χ0n) is 12.9. The zero-order valence-corrected chi connectivity index (χ0v) is 13.7. The van der Waals surface area contributed by atoms with E-state index in [4.69, 9.17) is 4.74 Å². The zero-order chi connectivity index (χ0) is 15.1. The number of methoxy groups -OCH3 is 1. The first-order valence-electron chi connectivity index (χ1n) is 7.25. The summed E-state index contributed by atoms with van der Waals surface area (Å²) in [6.45, 7) is 5.26. The van der Waals surface area contributed by atoms with Crippen molar-refractivity contribution < 1.29 is 4.74 Å². The molecule has 0 aliphatic rings. The molecule has 2 rings (SSSR count). The lowest BCUT2D eigenvalue weighted by Crippen LogP contribution is -2.21. The van der Waals surface area contributed by atoms with E-state index < -0.39 is 0 Å². The molecule has 0 spiro atoms. The Morgan fingerprint density at radius 3 is 2.57 bits per heavy atom. The number of hydrogen-bond acceptors (Lipinski definition) is 3. The van der Waals surface area contributed by atoms with Gasteiger partial charge in [0.05, 0.1) is 7.11 Å². The summed E-state index contributed by atoms with van der Waals surface area (Å²) >= 11 is 1.86. The van der Waals surface area contributed by atoms with Gasteiger partial charge in [0.25, 0.3) is 0 Å². The topological polar surface area (TPSA) is 21.3 Å². The highest BCUT2D eigenvalue weighted by Gasteiger charge is 2.01. The largest absolute Gasteiger partial charge is 0.497 e. The molecule has 2 aromatic rings. The van der Waals surface area contributed by atoms with Crippen molar-refractivity contribution in [3.8, 4) is 5.75 Å². The fourth-order valence-corrected chi connectivity index (χ4v) is 2.92. The van der Waals surface area contributed by atoms with Crippen molar-refractivity contribution in [3.63, 3.8) is 0 Å². The molecule has 0 aromatic heterocycles. The molecule has 0 aliphatic carbocycles. The molecule has 0 atom stereocenters. The Morgan fingerprint density at radius 2 is 1.81 bits per heavy atom. The van der Waals surface area contributed by atoms with Crippen LogP contribution < -0.4 is 10.1 Å². The summed E-state index contributed by atoms with van der Waals surface area (Å²) < 4.78 is 5.26. The van der Waals surface area contributed by atoms with Gasteiger partial charge in [-0.25, -0.2) is 0 Å². The van der Waals surface area contributed by atoms with Crippen molar-refractivity contribution in [2.45, 2.75) is 37.1 Å². The molecule has 2 aromatic carbocycles. The fourth-order valence-electron chi connectivity index (χ4n) is 2.00. The summed E-state index contributed by atoms with van der Waals surface area (Å²) in [5, 5.41) is 3.45. The maximum atomic E-state index is 5.26. The van der Waals surface area contributed by atoms with Crippen molar-refractivity contribution in [2.75, 3.05) is 7.11 Å². The molecule has 21 heavy (non-hydrogen) atoms. The van der Waals surface area contributed by atoms with Gasteiger partial charge in [0.15, 0.2) is 0 Å². The van der Waals surface area contributed by atoms with Crippen molar-refractivity contribution in [1.82, 2.24) is 5.32 Å². The summed E-state index contributed by atoms with van der Waals surface area (Å²) in [6.07, 6.45) is 0. The minimum atomic E-state index is 0.512. The van der Waals surface area contributed by atoms with Crippen molar-refractivity contribution >= 4 is 11.8 Å².